The zero-order chi connectivity index (χ0) is 13.1. The minimum Gasteiger partial charge on any atom is -0.382 e. The van der Waals surface area contributed by atoms with E-state index in [9.17, 15) is 9.90 Å². The van der Waals surface area contributed by atoms with Crippen LogP contribution in [0.15, 0.2) is 18.2 Å². The third-order valence-electron chi connectivity index (χ3n) is 3.25. The lowest BCUT2D eigenvalue weighted by molar-refractivity contribution is -0.137. The highest BCUT2D eigenvalue weighted by molar-refractivity contribution is 6.31. The highest BCUT2D eigenvalue weighted by atomic mass is 35.5. The number of halogens is 1. The van der Waals surface area contributed by atoms with Crippen molar-refractivity contribution in [2.24, 2.45) is 0 Å². The first kappa shape index (κ1) is 14.2. The number of aliphatic hydroxyl groups is 1. The summed E-state index contributed by atoms with van der Waals surface area (Å²) in [6.07, 6.45) is 1.06. The Morgan fingerprint density at radius 1 is 1.35 bits per heavy atom. The second kappa shape index (κ2) is 5.65. The Balaban J connectivity index is 2.88. The molecule has 0 aliphatic carbocycles. The molecule has 0 radical (unpaired) electrons. The SMILES string of the molecule is CCC(O)(CC)C(=O)Cc1ccc(C)cc1Cl. The van der Waals surface area contributed by atoms with Crippen molar-refractivity contribution in [3.05, 3.63) is 34.3 Å². The molecule has 1 aromatic carbocycles. The fourth-order valence-corrected chi connectivity index (χ4v) is 2.08. The number of aryl methyl sites for hydroxylation is 1. The zero-order valence-electron chi connectivity index (χ0n) is 10.6. The zero-order valence-corrected chi connectivity index (χ0v) is 11.3. The Labute approximate surface area is 108 Å². The molecular formula is C14H19ClO2. The number of ketones is 1. The van der Waals surface area contributed by atoms with Crippen molar-refractivity contribution in [1.29, 1.82) is 0 Å². The molecular weight excluding hydrogens is 236 g/mol. The number of carbonyl (C=O) groups excluding carboxylic acids is 1. The van der Waals surface area contributed by atoms with Gasteiger partial charge in [-0.25, -0.2) is 0 Å². The van der Waals surface area contributed by atoms with E-state index in [0.717, 1.165) is 11.1 Å². The van der Waals surface area contributed by atoms with Crippen molar-refractivity contribution in [3.63, 3.8) is 0 Å². The van der Waals surface area contributed by atoms with Crippen LogP contribution < -0.4 is 0 Å². The molecule has 0 saturated carbocycles. The standard InChI is InChI=1S/C14H19ClO2/c1-4-14(17,5-2)13(16)9-11-7-6-10(3)8-12(11)15/h6-8,17H,4-5,9H2,1-3H3. The van der Waals surface area contributed by atoms with Gasteiger partial charge in [-0.05, 0) is 37.0 Å². The van der Waals surface area contributed by atoms with Crippen LogP contribution >= 0.6 is 11.6 Å². The molecule has 17 heavy (non-hydrogen) atoms. The summed E-state index contributed by atoms with van der Waals surface area (Å²) in [5.74, 6) is -0.159. The first-order valence-corrected chi connectivity index (χ1v) is 6.31. The molecule has 0 aliphatic heterocycles. The van der Waals surface area contributed by atoms with E-state index in [-0.39, 0.29) is 12.2 Å². The van der Waals surface area contributed by atoms with Gasteiger partial charge in [-0.1, -0.05) is 37.6 Å². The normalized spacial score (nSPS) is 11.6. The molecule has 94 valence electrons. The van der Waals surface area contributed by atoms with Gasteiger partial charge in [0.15, 0.2) is 5.78 Å². The van der Waals surface area contributed by atoms with E-state index in [2.05, 4.69) is 0 Å². The van der Waals surface area contributed by atoms with Crippen molar-refractivity contribution in [2.75, 3.05) is 0 Å². The van der Waals surface area contributed by atoms with Crippen molar-refractivity contribution in [3.8, 4) is 0 Å². The van der Waals surface area contributed by atoms with Crippen LogP contribution in [0.4, 0.5) is 0 Å². The van der Waals surface area contributed by atoms with Crippen LogP contribution in [0.3, 0.4) is 0 Å². The molecule has 2 nitrogen and oxygen atoms in total. The Kier molecular flexibility index (Phi) is 4.72. The smallest absolute Gasteiger partial charge is 0.168 e. The van der Waals surface area contributed by atoms with Crippen LogP contribution in [-0.4, -0.2) is 16.5 Å². The Morgan fingerprint density at radius 3 is 2.41 bits per heavy atom. The van der Waals surface area contributed by atoms with Gasteiger partial charge in [0.2, 0.25) is 0 Å². The van der Waals surface area contributed by atoms with Gasteiger partial charge in [-0.15, -0.1) is 0 Å². The number of hydrogen-bond donors (Lipinski definition) is 1. The fraction of sp³-hybridized carbons (Fsp3) is 0.500. The molecule has 3 heteroatoms. The molecule has 1 aromatic rings. The largest absolute Gasteiger partial charge is 0.382 e. The highest BCUT2D eigenvalue weighted by Gasteiger charge is 2.31. The van der Waals surface area contributed by atoms with Gasteiger partial charge in [-0.3, -0.25) is 4.79 Å². The molecule has 0 atom stereocenters. The molecule has 0 saturated heterocycles. The molecule has 0 unspecified atom stereocenters. The summed E-state index contributed by atoms with van der Waals surface area (Å²) in [5.41, 5.74) is 0.629. The molecule has 0 aliphatic rings. The Hall–Kier alpha value is -0.860. The number of hydrogen-bond acceptors (Lipinski definition) is 2. The lowest BCUT2D eigenvalue weighted by Gasteiger charge is -2.23. The Bertz CT molecular complexity index is 409. The van der Waals surface area contributed by atoms with Gasteiger partial charge in [-0.2, -0.15) is 0 Å². The first-order valence-electron chi connectivity index (χ1n) is 5.93. The average Bonchev–Trinajstić information content (AvgIpc) is 2.31. The summed E-state index contributed by atoms with van der Waals surface area (Å²) in [4.78, 5) is 12.0. The Morgan fingerprint density at radius 2 is 1.94 bits per heavy atom. The topological polar surface area (TPSA) is 37.3 Å². The number of carbonyl (C=O) groups is 1. The van der Waals surface area contributed by atoms with Crippen LogP contribution in [0.2, 0.25) is 5.02 Å². The second-order valence-corrected chi connectivity index (χ2v) is 4.84. The van der Waals surface area contributed by atoms with E-state index < -0.39 is 5.60 Å². The van der Waals surface area contributed by atoms with Crippen LogP contribution in [-0.2, 0) is 11.2 Å². The first-order chi connectivity index (χ1) is 7.92. The van der Waals surface area contributed by atoms with Crippen LogP contribution in [0.5, 0.6) is 0 Å². The van der Waals surface area contributed by atoms with Gasteiger partial charge in [0.05, 0.1) is 0 Å². The van der Waals surface area contributed by atoms with Gasteiger partial charge in [0, 0.05) is 11.4 Å². The van der Waals surface area contributed by atoms with Crippen molar-refractivity contribution >= 4 is 17.4 Å². The minimum absolute atomic E-state index is 0.159. The van der Waals surface area contributed by atoms with Crippen molar-refractivity contribution < 1.29 is 9.90 Å². The summed E-state index contributed by atoms with van der Waals surface area (Å²) in [6.45, 7) is 5.59. The average molecular weight is 255 g/mol. The lowest BCUT2D eigenvalue weighted by Crippen LogP contribution is -2.38. The van der Waals surface area contributed by atoms with Crippen LogP contribution in [0.1, 0.15) is 37.8 Å². The predicted molar refractivity (Wildman–Crippen MR) is 70.4 cm³/mol. The van der Waals surface area contributed by atoms with Gasteiger partial charge in [0.25, 0.3) is 0 Å². The van der Waals surface area contributed by atoms with Gasteiger partial charge >= 0.3 is 0 Å². The monoisotopic (exact) mass is 254 g/mol. The summed E-state index contributed by atoms with van der Waals surface area (Å²) >= 11 is 6.08. The molecule has 0 spiro atoms. The predicted octanol–water partition coefficient (Wildman–Crippen LogP) is 3.31. The molecule has 0 heterocycles. The molecule has 1 rings (SSSR count). The van der Waals surface area contributed by atoms with Crippen LogP contribution in [0.25, 0.3) is 0 Å². The number of Topliss-reactive ketones (excluding diaryl/α,β-unsaturated/α-hetero) is 1. The molecule has 1 N–H and O–H groups in total. The number of rotatable bonds is 5. The van der Waals surface area contributed by atoms with E-state index >= 15 is 0 Å². The van der Waals surface area contributed by atoms with E-state index in [0.29, 0.717) is 17.9 Å². The van der Waals surface area contributed by atoms with Crippen molar-refractivity contribution in [1.82, 2.24) is 0 Å². The van der Waals surface area contributed by atoms with Crippen molar-refractivity contribution in [2.45, 2.75) is 45.6 Å². The summed E-state index contributed by atoms with van der Waals surface area (Å²) in [7, 11) is 0. The van der Waals surface area contributed by atoms with E-state index in [1.165, 1.54) is 0 Å². The summed E-state index contributed by atoms with van der Waals surface area (Å²) in [6, 6.07) is 5.61. The maximum atomic E-state index is 12.0. The molecule has 0 fully saturated rings. The van der Waals surface area contributed by atoms with Gasteiger partial charge < -0.3 is 5.11 Å². The molecule has 0 amide bonds. The van der Waals surface area contributed by atoms with E-state index in [1.807, 2.05) is 39.0 Å². The maximum absolute atomic E-state index is 12.0. The third-order valence-corrected chi connectivity index (χ3v) is 3.60. The highest BCUT2D eigenvalue weighted by Crippen LogP contribution is 2.23. The van der Waals surface area contributed by atoms with E-state index in [1.54, 1.807) is 0 Å². The van der Waals surface area contributed by atoms with Gasteiger partial charge in [0.1, 0.15) is 5.60 Å². The quantitative estimate of drug-likeness (QED) is 0.875. The fourth-order valence-electron chi connectivity index (χ4n) is 1.78. The summed E-state index contributed by atoms with van der Waals surface area (Å²) < 4.78 is 0. The maximum Gasteiger partial charge on any atom is 0.168 e. The number of benzene rings is 1. The molecule has 0 aromatic heterocycles. The third kappa shape index (κ3) is 3.30. The minimum atomic E-state index is -1.21. The lowest BCUT2D eigenvalue weighted by atomic mass is 9.88. The van der Waals surface area contributed by atoms with E-state index in [4.69, 9.17) is 11.6 Å². The van der Waals surface area contributed by atoms with Crippen LogP contribution in [0, 0.1) is 6.92 Å². The second-order valence-electron chi connectivity index (χ2n) is 4.43. The molecule has 0 bridgehead atoms. The summed E-state index contributed by atoms with van der Waals surface area (Å²) in [5, 5.41) is 10.7.